The summed E-state index contributed by atoms with van der Waals surface area (Å²) in [6, 6.07) is 11.2. The summed E-state index contributed by atoms with van der Waals surface area (Å²) >= 11 is 3.47. The fourth-order valence-corrected chi connectivity index (χ4v) is 2.29. The van der Waals surface area contributed by atoms with Gasteiger partial charge in [-0.3, -0.25) is 4.79 Å². The van der Waals surface area contributed by atoms with Crippen LogP contribution < -0.4 is 11.1 Å². The molecule has 0 saturated heterocycles. The van der Waals surface area contributed by atoms with E-state index in [4.69, 9.17) is 5.73 Å². The Morgan fingerprint density at radius 2 is 1.74 bits per heavy atom. The van der Waals surface area contributed by atoms with Crippen LogP contribution in [-0.4, -0.2) is 5.91 Å². The first-order valence-corrected chi connectivity index (χ1v) is 6.71. The quantitative estimate of drug-likeness (QED) is 0.825. The second-order valence-corrected chi connectivity index (χ2v) is 5.22. The lowest BCUT2D eigenvalue weighted by Gasteiger charge is -2.12. The molecule has 0 aromatic heterocycles. The molecule has 1 amide bonds. The Balaban J connectivity index is 2.34. The van der Waals surface area contributed by atoms with Gasteiger partial charge in [0.25, 0.3) is 5.91 Å². The van der Waals surface area contributed by atoms with Crippen molar-refractivity contribution in [2.45, 2.75) is 13.8 Å². The molecule has 0 spiro atoms. The number of aryl methyl sites for hydroxylation is 2. The molecule has 2 aromatic carbocycles. The highest BCUT2D eigenvalue weighted by atomic mass is 79.9. The topological polar surface area (TPSA) is 55.1 Å². The smallest absolute Gasteiger partial charge is 0.258 e. The van der Waals surface area contributed by atoms with Crippen molar-refractivity contribution in [2.75, 3.05) is 11.1 Å². The molecule has 0 bridgehead atoms. The van der Waals surface area contributed by atoms with Crippen LogP contribution in [0.5, 0.6) is 0 Å². The van der Waals surface area contributed by atoms with E-state index >= 15 is 0 Å². The van der Waals surface area contributed by atoms with Crippen molar-refractivity contribution in [2.24, 2.45) is 0 Å². The standard InChI is InChI=1S/C15H15BrN2O/c1-9-5-3-7-11(17)13(9)15(19)18-12-8-4-6-10(2)14(12)16/h3-8H,17H2,1-2H3,(H,18,19). The number of amides is 1. The maximum absolute atomic E-state index is 12.3. The number of carbonyl (C=O) groups is 1. The molecule has 0 radical (unpaired) electrons. The van der Waals surface area contributed by atoms with Crippen molar-refractivity contribution in [3.05, 3.63) is 57.6 Å². The number of anilines is 2. The molecular weight excluding hydrogens is 304 g/mol. The van der Waals surface area contributed by atoms with Gasteiger partial charge < -0.3 is 11.1 Å². The largest absolute Gasteiger partial charge is 0.398 e. The maximum Gasteiger partial charge on any atom is 0.258 e. The van der Waals surface area contributed by atoms with Crippen LogP contribution in [0.25, 0.3) is 0 Å². The zero-order valence-corrected chi connectivity index (χ0v) is 12.4. The first-order valence-electron chi connectivity index (χ1n) is 5.92. The highest BCUT2D eigenvalue weighted by molar-refractivity contribution is 9.10. The van der Waals surface area contributed by atoms with Gasteiger partial charge in [-0.15, -0.1) is 0 Å². The molecule has 0 heterocycles. The van der Waals surface area contributed by atoms with E-state index in [1.807, 2.05) is 44.2 Å². The van der Waals surface area contributed by atoms with Gasteiger partial charge in [-0.05, 0) is 53.0 Å². The Morgan fingerprint density at radius 3 is 2.42 bits per heavy atom. The number of nitrogens with two attached hydrogens (primary N) is 1. The first-order chi connectivity index (χ1) is 9.00. The Morgan fingerprint density at radius 1 is 1.11 bits per heavy atom. The molecule has 3 N–H and O–H groups in total. The summed E-state index contributed by atoms with van der Waals surface area (Å²) in [6.07, 6.45) is 0. The van der Waals surface area contributed by atoms with E-state index in [2.05, 4.69) is 21.2 Å². The van der Waals surface area contributed by atoms with Gasteiger partial charge in [-0.25, -0.2) is 0 Å². The van der Waals surface area contributed by atoms with E-state index in [9.17, 15) is 4.79 Å². The van der Waals surface area contributed by atoms with Crippen LogP contribution in [0.2, 0.25) is 0 Å². The SMILES string of the molecule is Cc1cccc(NC(=O)c2c(C)cccc2N)c1Br. The molecule has 3 nitrogen and oxygen atoms in total. The fraction of sp³-hybridized carbons (Fsp3) is 0.133. The van der Waals surface area contributed by atoms with Crippen LogP contribution in [0, 0.1) is 13.8 Å². The monoisotopic (exact) mass is 318 g/mol. The van der Waals surface area contributed by atoms with Crippen molar-refractivity contribution in [3.8, 4) is 0 Å². The third-order valence-corrected chi connectivity index (χ3v) is 4.02. The van der Waals surface area contributed by atoms with E-state index in [1.165, 1.54) is 0 Å². The average Bonchev–Trinajstić information content (AvgIpc) is 2.35. The van der Waals surface area contributed by atoms with Crippen LogP contribution in [0.15, 0.2) is 40.9 Å². The number of hydrogen-bond acceptors (Lipinski definition) is 2. The first kappa shape index (κ1) is 13.6. The van der Waals surface area contributed by atoms with Crippen molar-refractivity contribution in [1.82, 2.24) is 0 Å². The summed E-state index contributed by atoms with van der Waals surface area (Å²) in [5.41, 5.74) is 9.55. The number of hydrogen-bond donors (Lipinski definition) is 2. The minimum absolute atomic E-state index is 0.193. The van der Waals surface area contributed by atoms with Gasteiger partial charge in [0.2, 0.25) is 0 Å². The lowest BCUT2D eigenvalue weighted by Crippen LogP contribution is -2.16. The summed E-state index contributed by atoms with van der Waals surface area (Å²) in [4.78, 5) is 12.3. The van der Waals surface area contributed by atoms with Crippen LogP contribution in [0.1, 0.15) is 21.5 Å². The minimum atomic E-state index is -0.193. The molecule has 0 saturated carbocycles. The summed E-state index contributed by atoms with van der Waals surface area (Å²) < 4.78 is 0.885. The van der Waals surface area contributed by atoms with E-state index < -0.39 is 0 Å². The fourth-order valence-electron chi connectivity index (χ4n) is 1.93. The molecule has 2 rings (SSSR count). The molecular formula is C15H15BrN2O. The minimum Gasteiger partial charge on any atom is -0.398 e. The van der Waals surface area contributed by atoms with Crippen LogP contribution >= 0.6 is 15.9 Å². The van der Waals surface area contributed by atoms with Crippen LogP contribution in [0.3, 0.4) is 0 Å². The second kappa shape index (κ2) is 5.45. The maximum atomic E-state index is 12.3. The predicted molar refractivity (Wildman–Crippen MR) is 82.4 cm³/mol. The van der Waals surface area contributed by atoms with Gasteiger partial charge in [0.1, 0.15) is 0 Å². The molecule has 4 heteroatoms. The van der Waals surface area contributed by atoms with Gasteiger partial charge in [-0.1, -0.05) is 24.3 Å². The summed E-state index contributed by atoms with van der Waals surface area (Å²) in [5.74, 6) is -0.193. The number of nitrogen functional groups attached to an aromatic ring is 1. The van der Waals surface area contributed by atoms with Gasteiger partial charge >= 0.3 is 0 Å². The third-order valence-electron chi connectivity index (χ3n) is 2.97. The average molecular weight is 319 g/mol. The number of halogens is 1. The molecule has 0 fully saturated rings. The third kappa shape index (κ3) is 2.79. The lowest BCUT2D eigenvalue weighted by molar-refractivity contribution is 0.102. The summed E-state index contributed by atoms with van der Waals surface area (Å²) in [7, 11) is 0. The highest BCUT2D eigenvalue weighted by Gasteiger charge is 2.14. The normalized spacial score (nSPS) is 10.3. The van der Waals surface area contributed by atoms with E-state index in [1.54, 1.807) is 6.07 Å². The van der Waals surface area contributed by atoms with E-state index in [0.29, 0.717) is 11.3 Å². The molecule has 98 valence electrons. The Labute approximate surface area is 121 Å². The van der Waals surface area contributed by atoms with Crippen LogP contribution in [-0.2, 0) is 0 Å². The van der Waals surface area contributed by atoms with Crippen molar-refractivity contribution < 1.29 is 4.79 Å². The number of nitrogens with one attached hydrogen (secondary N) is 1. The Bertz CT molecular complexity index is 618. The van der Waals surface area contributed by atoms with Crippen molar-refractivity contribution in [1.29, 1.82) is 0 Å². The van der Waals surface area contributed by atoms with E-state index in [-0.39, 0.29) is 5.91 Å². The number of carbonyl (C=O) groups excluding carboxylic acids is 1. The van der Waals surface area contributed by atoms with Crippen molar-refractivity contribution in [3.63, 3.8) is 0 Å². The number of rotatable bonds is 2. The lowest BCUT2D eigenvalue weighted by atomic mass is 10.1. The Hall–Kier alpha value is -1.81. The molecule has 19 heavy (non-hydrogen) atoms. The van der Waals surface area contributed by atoms with Crippen LogP contribution in [0.4, 0.5) is 11.4 Å². The zero-order chi connectivity index (χ0) is 14.0. The predicted octanol–water partition coefficient (Wildman–Crippen LogP) is 3.90. The highest BCUT2D eigenvalue weighted by Crippen LogP contribution is 2.27. The Kier molecular flexibility index (Phi) is 3.90. The summed E-state index contributed by atoms with van der Waals surface area (Å²) in [6.45, 7) is 3.85. The van der Waals surface area contributed by atoms with Gasteiger partial charge in [0.05, 0.1) is 11.3 Å². The van der Waals surface area contributed by atoms with E-state index in [0.717, 1.165) is 21.3 Å². The van der Waals surface area contributed by atoms with Gasteiger partial charge in [0, 0.05) is 10.2 Å². The number of benzene rings is 2. The molecule has 0 unspecified atom stereocenters. The van der Waals surface area contributed by atoms with Gasteiger partial charge in [-0.2, -0.15) is 0 Å². The van der Waals surface area contributed by atoms with Crippen molar-refractivity contribution >= 4 is 33.2 Å². The molecule has 0 aliphatic carbocycles. The zero-order valence-electron chi connectivity index (χ0n) is 10.8. The second-order valence-electron chi connectivity index (χ2n) is 4.43. The van der Waals surface area contributed by atoms with Gasteiger partial charge in [0.15, 0.2) is 0 Å². The molecule has 0 aliphatic heterocycles. The molecule has 0 aliphatic rings. The molecule has 0 atom stereocenters. The molecule has 2 aromatic rings. The summed E-state index contributed by atoms with van der Waals surface area (Å²) in [5, 5.41) is 2.88.